The summed E-state index contributed by atoms with van der Waals surface area (Å²) in [6.45, 7) is 3.17. The lowest BCUT2D eigenvalue weighted by molar-refractivity contribution is -0.142. The third-order valence-electron chi connectivity index (χ3n) is 4.96. The Bertz CT molecular complexity index is 984. The maximum atomic E-state index is 12.8. The summed E-state index contributed by atoms with van der Waals surface area (Å²) in [6, 6.07) is 14.1. The van der Waals surface area contributed by atoms with Crippen LogP contribution in [0.2, 0.25) is 0 Å². The third-order valence-corrected chi connectivity index (χ3v) is 6.86. The Kier molecular flexibility index (Phi) is 4.99. The van der Waals surface area contributed by atoms with Crippen LogP contribution in [0.4, 0.5) is 0 Å². The largest absolute Gasteiger partial charge is 0.485 e. The van der Waals surface area contributed by atoms with Crippen molar-refractivity contribution in [3.63, 3.8) is 0 Å². The molecule has 148 valence electrons. The van der Waals surface area contributed by atoms with Crippen LogP contribution in [0.1, 0.15) is 5.56 Å². The molecule has 0 radical (unpaired) electrons. The number of rotatable bonds is 3. The van der Waals surface area contributed by atoms with Crippen LogP contribution < -0.4 is 9.47 Å². The number of amides is 1. The number of hydrogen-bond donors (Lipinski definition) is 0. The highest BCUT2D eigenvalue weighted by molar-refractivity contribution is 7.89. The average molecular weight is 402 g/mol. The molecule has 2 aliphatic rings. The quantitative estimate of drug-likeness (QED) is 0.781. The van der Waals surface area contributed by atoms with Crippen molar-refractivity contribution in [2.75, 3.05) is 32.8 Å². The molecule has 0 saturated carbocycles. The van der Waals surface area contributed by atoms with Gasteiger partial charge in [0.2, 0.25) is 16.1 Å². The Hall–Kier alpha value is -2.58. The minimum Gasteiger partial charge on any atom is -0.485 e. The zero-order valence-corrected chi connectivity index (χ0v) is 16.4. The molecule has 2 heterocycles. The first-order valence-corrected chi connectivity index (χ1v) is 10.6. The predicted octanol–water partition coefficient (Wildman–Crippen LogP) is 1.67. The van der Waals surface area contributed by atoms with Crippen LogP contribution in [0.25, 0.3) is 0 Å². The van der Waals surface area contributed by atoms with Gasteiger partial charge in [-0.1, -0.05) is 24.3 Å². The van der Waals surface area contributed by atoms with Gasteiger partial charge in [0, 0.05) is 26.2 Å². The number of para-hydroxylation sites is 2. The summed E-state index contributed by atoms with van der Waals surface area (Å²) in [4.78, 5) is 14.7. The summed E-state index contributed by atoms with van der Waals surface area (Å²) in [6.07, 6.45) is -0.713. The van der Waals surface area contributed by atoms with E-state index in [-0.39, 0.29) is 30.5 Å². The van der Waals surface area contributed by atoms with E-state index in [4.69, 9.17) is 9.47 Å². The molecule has 1 unspecified atom stereocenters. The van der Waals surface area contributed by atoms with Crippen LogP contribution in [0, 0.1) is 6.92 Å². The number of ether oxygens (including phenoxy) is 2. The Morgan fingerprint density at radius 3 is 2.43 bits per heavy atom. The van der Waals surface area contributed by atoms with Gasteiger partial charge in [0.25, 0.3) is 5.91 Å². The first-order valence-electron chi connectivity index (χ1n) is 9.19. The lowest BCUT2D eigenvalue weighted by Crippen LogP contribution is -2.55. The standard InChI is InChI=1S/C20H22N2O5S/c1-15-5-4-6-16(13-15)28(24,25)22-11-9-21(10-12-22)20(23)19-14-26-17-7-2-3-8-18(17)27-19/h2-8,13,19H,9-12,14H2,1H3. The summed E-state index contributed by atoms with van der Waals surface area (Å²) < 4.78 is 38.5. The topological polar surface area (TPSA) is 76.2 Å². The lowest BCUT2D eigenvalue weighted by Gasteiger charge is -2.36. The first-order chi connectivity index (χ1) is 13.4. The van der Waals surface area contributed by atoms with Gasteiger partial charge in [-0.2, -0.15) is 4.31 Å². The summed E-state index contributed by atoms with van der Waals surface area (Å²) >= 11 is 0. The molecule has 0 spiro atoms. The SMILES string of the molecule is Cc1cccc(S(=O)(=O)N2CCN(C(=O)C3COc4ccccc4O3)CC2)c1. The van der Waals surface area contributed by atoms with E-state index in [0.29, 0.717) is 24.6 Å². The third kappa shape index (κ3) is 3.57. The molecular formula is C20H22N2O5S. The van der Waals surface area contributed by atoms with Crippen molar-refractivity contribution in [3.8, 4) is 11.5 Å². The maximum Gasteiger partial charge on any atom is 0.267 e. The van der Waals surface area contributed by atoms with Crippen LogP contribution in [0.3, 0.4) is 0 Å². The molecule has 0 N–H and O–H groups in total. The van der Waals surface area contributed by atoms with Crippen molar-refractivity contribution < 1.29 is 22.7 Å². The number of nitrogens with zero attached hydrogens (tertiary/aromatic N) is 2. The minimum atomic E-state index is -3.56. The van der Waals surface area contributed by atoms with Gasteiger partial charge in [0.15, 0.2) is 11.5 Å². The van der Waals surface area contributed by atoms with Gasteiger partial charge in [0.05, 0.1) is 4.90 Å². The normalized spacial score (nSPS) is 20.0. The molecular weight excluding hydrogens is 380 g/mol. The zero-order chi connectivity index (χ0) is 19.7. The van der Waals surface area contributed by atoms with E-state index in [0.717, 1.165) is 5.56 Å². The van der Waals surface area contributed by atoms with Crippen molar-refractivity contribution in [3.05, 3.63) is 54.1 Å². The zero-order valence-electron chi connectivity index (χ0n) is 15.6. The number of hydrogen-bond acceptors (Lipinski definition) is 5. The summed E-state index contributed by atoms with van der Waals surface area (Å²) in [5, 5.41) is 0. The van der Waals surface area contributed by atoms with Crippen molar-refractivity contribution in [1.29, 1.82) is 0 Å². The Morgan fingerprint density at radius 2 is 1.71 bits per heavy atom. The van der Waals surface area contributed by atoms with Crippen molar-refractivity contribution in [1.82, 2.24) is 9.21 Å². The second-order valence-corrected chi connectivity index (χ2v) is 8.85. The maximum absolute atomic E-state index is 12.8. The summed E-state index contributed by atoms with van der Waals surface area (Å²) in [7, 11) is -3.56. The second-order valence-electron chi connectivity index (χ2n) is 6.91. The van der Waals surface area contributed by atoms with E-state index in [2.05, 4.69) is 0 Å². The summed E-state index contributed by atoms with van der Waals surface area (Å²) in [5.74, 6) is 0.996. The summed E-state index contributed by atoms with van der Waals surface area (Å²) in [5.41, 5.74) is 0.893. The number of carbonyl (C=O) groups excluding carboxylic acids is 1. The van der Waals surface area contributed by atoms with Crippen molar-refractivity contribution in [2.24, 2.45) is 0 Å². The van der Waals surface area contributed by atoms with Gasteiger partial charge >= 0.3 is 0 Å². The smallest absolute Gasteiger partial charge is 0.267 e. The Labute approximate surface area is 164 Å². The van der Waals surface area contributed by atoms with Crippen LogP contribution in [0.5, 0.6) is 11.5 Å². The molecule has 4 rings (SSSR count). The molecule has 0 aliphatic carbocycles. The van der Waals surface area contributed by atoms with Crippen molar-refractivity contribution >= 4 is 15.9 Å². The van der Waals surface area contributed by atoms with Crippen molar-refractivity contribution in [2.45, 2.75) is 17.9 Å². The van der Waals surface area contributed by atoms with Gasteiger partial charge < -0.3 is 14.4 Å². The van der Waals surface area contributed by atoms with E-state index in [1.807, 2.05) is 25.1 Å². The molecule has 2 aromatic rings. The molecule has 0 bridgehead atoms. The molecule has 1 fully saturated rings. The van der Waals surface area contributed by atoms with Crippen LogP contribution in [-0.2, 0) is 14.8 Å². The highest BCUT2D eigenvalue weighted by atomic mass is 32.2. The fourth-order valence-corrected chi connectivity index (χ4v) is 4.95. The molecule has 2 aliphatic heterocycles. The fourth-order valence-electron chi connectivity index (χ4n) is 3.42. The molecule has 2 aromatic carbocycles. The van der Waals surface area contributed by atoms with Gasteiger partial charge in [-0.3, -0.25) is 4.79 Å². The first kappa shape index (κ1) is 18.8. The number of sulfonamides is 1. The average Bonchev–Trinajstić information content (AvgIpc) is 2.73. The Morgan fingerprint density at radius 1 is 1.00 bits per heavy atom. The minimum absolute atomic E-state index is 0.150. The number of carbonyl (C=O) groups is 1. The van der Waals surface area contributed by atoms with E-state index in [1.165, 1.54) is 4.31 Å². The van der Waals surface area contributed by atoms with Gasteiger partial charge in [-0.25, -0.2) is 8.42 Å². The molecule has 7 nitrogen and oxygen atoms in total. The van der Waals surface area contributed by atoms with E-state index in [1.54, 1.807) is 35.2 Å². The predicted molar refractivity (Wildman–Crippen MR) is 103 cm³/mol. The number of piperazine rings is 1. The second kappa shape index (κ2) is 7.44. The molecule has 0 aromatic heterocycles. The molecule has 28 heavy (non-hydrogen) atoms. The fraction of sp³-hybridized carbons (Fsp3) is 0.350. The van der Waals surface area contributed by atoms with E-state index in [9.17, 15) is 13.2 Å². The van der Waals surface area contributed by atoms with E-state index < -0.39 is 16.1 Å². The number of fused-ring (bicyclic) bond motifs is 1. The molecule has 1 amide bonds. The highest BCUT2D eigenvalue weighted by Crippen LogP contribution is 2.31. The molecule has 8 heteroatoms. The van der Waals surface area contributed by atoms with Crippen LogP contribution in [-0.4, -0.2) is 62.4 Å². The Balaban J connectivity index is 1.40. The molecule has 1 saturated heterocycles. The lowest BCUT2D eigenvalue weighted by atomic mass is 10.2. The van der Waals surface area contributed by atoms with E-state index >= 15 is 0 Å². The van der Waals surface area contributed by atoms with Gasteiger partial charge in [0.1, 0.15) is 6.61 Å². The van der Waals surface area contributed by atoms with Crippen LogP contribution >= 0.6 is 0 Å². The van der Waals surface area contributed by atoms with Gasteiger partial charge in [-0.15, -0.1) is 0 Å². The monoisotopic (exact) mass is 402 g/mol. The van der Waals surface area contributed by atoms with Gasteiger partial charge in [-0.05, 0) is 36.8 Å². The number of benzene rings is 2. The number of aryl methyl sites for hydroxylation is 1. The molecule has 1 atom stereocenters. The highest BCUT2D eigenvalue weighted by Gasteiger charge is 2.35. The van der Waals surface area contributed by atoms with Crippen LogP contribution in [0.15, 0.2) is 53.4 Å².